The summed E-state index contributed by atoms with van der Waals surface area (Å²) in [6, 6.07) is 7.71. The fraction of sp³-hybridized carbons (Fsp3) is 0.500. The number of rotatable bonds is 4. The van der Waals surface area contributed by atoms with Crippen molar-refractivity contribution < 1.29 is 9.53 Å². The summed E-state index contributed by atoms with van der Waals surface area (Å²) in [7, 11) is 3.55. The number of hydrogen-bond donors (Lipinski definition) is 0. The van der Waals surface area contributed by atoms with Crippen LogP contribution in [0.25, 0.3) is 0 Å². The minimum atomic E-state index is -0.298. The SMILES string of the molecule is COc1cccc(N(C)CC(=O)C(C)(C)C)c1. The maximum absolute atomic E-state index is 11.9. The van der Waals surface area contributed by atoms with E-state index in [4.69, 9.17) is 4.74 Å². The van der Waals surface area contributed by atoms with Crippen LogP contribution < -0.4 is 9.64 Å². The molecular weight excluding hydrogens is 214 g/mol. The number of benzene rings is 1. The molecule has 0 spiro atoms. The smallest absolute Gasteiger partial charge is 0.157 e. The molecule has 0 saturated heterocycles. The van der Waals surface area contributed by atoms with Crippen LogP contribution in [0.15, 0.2) is 24.3 Å². The van der Waals surface area contributed by atoms with Crippen LogP contribution in [0, 0.1) is 5.41 Å². The molecule has 0 aliphatic heterocycles. The minimum Gasteiger partial charge on any atom is -0.497 e. The number of likely N-dealkylation sites (N-methyl/N-ethyl adjacent to an activating group) is 1. The van der Waals surface area contributed by atoms with Crippen LogP contribution in [0.4, 0.5) is 5.69 Å². The standard InChI is InChI=1S/C14H21NO2/c1-14(2,3)13(16)10-15(4)11-7-6-8-12(9-11)17-5/h6-9H,10H2,1-5H3. The molecule has 0 amide bonds. The Kier molecular flexibility index (Phi) is 4.16. The van der Waals surface area contributed by atoms with E-state index in [1.165, 1.54) is 0 Å². The van der Waals surface area contributed by atoms with Gasteiger partial charge < -0.3 is 9.64 Å². The highest BCUT2D eigenvalue weighted by atomic mass is 16.5. The molecule has 0 bridgehead atoms. The molecule has 1 aromatic carbocycles. The molecule has 0 N–H and O–H groups in total. The summed E-state index contributed by atoms with van der Waals surface area (Å²) in [4.78, 5) is 13.9. The third-order valence-electron chi connectivity index (χ3n) is 2.71. The lowest BCUT2D eigenvalue weighted by atomic mass is 9.90. The number of carbonyl (C=O) groups excluding carboxylic acids is 1. The van der Waals surface area contributed by atoms with Crippen LogP contribution in [-0.2, 0) is 4.79 Å². The average molecular weight is 235 g/mol. The average Bonchev–Trinajstić information content (AvgIpc) is 2.27. The number of nitrogens with zero attached hydrogens (tertiary/aromatic N) is 1. The zero-order chi connectivity index (χ0) is 13.1. The Bertz CT molecular complexity index is 393. The van der Waals surface area contributed by atoms with Gasteiger partial charge in [0.2, 0.25) is 0 Å². The monoisotopic (exact) mass is 235 g/mol. The second-order valence-electron chi connectivity index (χ2n) is 5.23. The van der Waals surface area contributed by atoms with Crippen molar-refractivity contribution in [2.45, 2.75) is 20.8 Å². The van der Waals surface area contributed by atoms with E-state index in [-0.39, 0.29) is 11.2 Å². The van der Waals surface area contributed by atoms with Gasteiger partial charge in [0.05, 0.1) is 13.7 Å². The highest BCUT2D eigenvalue weighted by Gasteiger charge is 2.22. The Morgan fingerprint density at radius 1 is 1.35 bits per heavy atom. The molecule has 3 heteroatoms. The molecule has 0 fully saturated rings. The summed E-state index contributed by atoms with van der Waals surface area (Å²) in [5.74, 6) is 1.03. The molecule has 1 aromatic rings. The van der Waals surface area contributed by atoms with Gasteiger partial charge in [-0.25, -0.2) is 0 Å². The van der Waals surface area contributed by atoms with E-state index in [9.17, 15) is 4.79 Å². The lowest BCUT2D eigenvalue weighted by molar-refractivity contribution is -0.124. The summed E-state index contributed by atoms with van der Waals surface area (Å²) >= 11 is 0. The maximum atomic E-state index is 11.9. The number of carbonyl (C=O) groups is 1. The number of Topliss-reactive ketones (excluding diaryl/α,β-unsaturated/α-hetero) is 1. The highest BCUT2D eigenvalue weighted by Crippen LogP contribution is 2.21. The number of anilines is 1. The molecular formula is C14H21NO2. The number of hydrogen-bond acceptors (Lipinski definition) is 3. The lowest BCUT2D eigenvalue weighted by Gasteiger charge is -2.24. The van der Waals surface area contributed by atoms with Crippen molar-refractivity contribution >= 4 is 11.5 Å². The zero-order valence-corrected chi connectivity index (χ0v) is 11.3. The fourth-order valence-corrected chi connectivity index (χ4v) is 1.39. The molecule has 17 heavy (non-hydrogen) atoms. The first kappa shape index (κ1) is 13.6. The number of ether oxygens (including phenoxy) is 1. The molecule has 0 atom stereocenters. The van der Waals surface area contributed by atoms with Crippen LogP contribution in [0.5, 0.6) is 5.75 Å². The Morgan fingerprint density at radius 2 is 2.00 bits per heavy atom. The number of methoxy groups -OCH3 is 1. The predicted octanol–water partition coefficient (Wildman–Crippen LogP) is 2.75. The summed E-state index contributed by atoms with van der Waals surface area (Å²) in [5.41, 5.74) is 0.689. The molecule has 0 radical (unpaired) electrons. The lowest BCUT2D eigenvalue weighted by Crippen LogP contribution is -2.33. The highest BCUT2D eigenvalue weighted by molar-refractivity contribution is 5.87. The van der Waals surface area contributed by atoms with Crippen molar-refractivity contribution in [3.63, 3.8) is 0 Å². The van der Waals surface area contributed by atoms with E-state index < -0.39 is 0 Å². The first-order valence-electron chi connectivity index (χ1n) is 5.73. The van der Waals surface area contributed by atoms with E-state index in [0.29, 0.717) is 6.54 Å². The summed E-state index contributed by atoms with van der Waals surface area (Å²) in [6.07, 6.45) is 0. The van der Waals surface area contributed by atoms with Gasteiger partial charge in [-0.15, -0.1) is 0 Å². The van der Waals surface area contributed by atoms with Crippen molar-refractivity contribution in [2.24, 2.45) is 5.41 Å². The van der Waals surface area contributed by atoms with Gasteiger partial charge in [-0.1, -0.05) is 26.8 Å². The van der Waals surface area contributed by atoms with Gasteiger partial charge in [0, 0.05) is 24.2 Å². The third kappa shape index (κ3) is 3.77. The minimum absolute atomic E-state index is 0.225. The molecule has 3 nitrogen and oxygen atoms in total. The normalized spacial score (nSPS) is 11.1. The van der Waals surface area contributed by atoms with E-state index in [1.807, 2.05) is 57.0 Å². The Hall–Kier alpha value is -1.51. The Morgan fingerprint density at radius 3 is 2.53 bits per heavy atom. The summed E-state index contributed by atoms with van der Waals surface area (Å²) in [6.45, 7) is 6.23. The van der Waals surface area contributed by atoms with Crippen molar-refractivity contribution in [3.8, 4) is 5.75 Å². The molecule has 94 valence electrons. The summed E-state index contributed by atoms with van der Waals surface area (Å²) in [5, 5.41) is 0. The van der Waals surface area contributed by atoms with Crippen molar-refractivity contribution in [2.75, 3.05) is 25.6 Å². The largest absolute Gasteiger partial charge is 0.497 e. The van der Waals surface area contributed by atoms with Crippen LogP contribution in [0.3, 0.4) is 0 Å². The molecule has 0 aliphatic carbocycles. The van der Waals surface area contributed by atoms with Gasteiger partial charge in [-0.2, -0.15) is 0 Å². The van der Waals surface area contributed by atoms with Crippen molar-refractivity contribution in [1.29, 1.82) is 0 Å². The second-order valence-corrected chi connectivity index (χ2v) is 5.23. The fourth-order valence-electron chi connectivity index (χ4n) is 1.39. The first-order chi connectivity index (χ1) is 7.84. The quantitative estimate of drug-likeness (QED) is 0.803. The zero-order valence-electron chi connectivity index (χ0n) is 11.3. The van der Waals surface area contributed by atoms with Crippen LogP contribution >= 0.6 is 0 Å². The third-order valence-corrected chi connectivity index (χ3v) is 2.71. The van der Waals surface area contributed by atoms with E-state index in [1.54, 1.807) is 7.11 Å². The molecule has 0 saturated carbocycles. The van der Waals surface area contributed by atoms with Gasteiger partial charge in [-0.3, -0.25) is 4.79 Å². The first-order valence-corrected chi connectivity index (χ1v) is 5.73. The second kappa shape index (κ2) is 5.21. The Balaban J connectivity index is 2.76. The van der Waals surface area contributed by atoms with E-state index in [2.05, 4.69) is 0 Å². The van der Waals surface area contributed by atoms with Crippen LogP contribution in [0.2, 0.25) is 0 Å². The predicted molar refractivity (Wildman–Crippen MR) is 70.7 cm³/mol. The Labute approximate surface area is 103 Å². The maximum Gasteiger partial charge on any atom is 0.157 e. The molecule has 0 unspecified atom stereocenters. The number of ketones is 1. The van der Waals surface area contributed by atoms with Gasteiger partial charge in [-0.05, 0) is 12.1 Å². The summed E-state index contributed by atoms with van der Waals surface area (Å²) < 4.78 is 5.17. The van der Waals surface area contributed by atoms with Crippen molar-refractivity contribution in [1.82, 2.24) is 0 Å². The molecule has 0 heterocycles. The molecule has 0 aliphatic rings. The van der Waals surface area contributed by atoms with Gasteiger partial charge >= 0.3 is 0 Å². The van der Waals surface area contributed by atoms with Crippen LogP contribution in [-0.4, -0.2) is 26.5 Å². The molecule has 0 aromatic heterocycles. The topological polar surface area (TPSA) is 29.5 Å². The van der Waals surface area contributed by atoms with Gasteiger partial charge in [0.15, 0.2) is 5.78 Å². The van der Waals surface area contributed by atoms with Crippen molar-refractivity contribution in [3.05, 3.63) is 24.3 Å². The van der Waals surface area contributed by atoms with E-state index >= 15 is 0 Å². The van der Waals surface area contributed by atoms with Gasteiger partial charge in [0.1, 0.15) is 5.75 Å². The van der Waals surface area contributed by atoms with Gasteiger partial charge in [0.25, 0.3) is 0 Å². The van der Waals surface area contributed by atoms with Crippen LogP contribution in [0.1, 0.15) is 20.8 Å². The van der Waals surface area contributed by atoms with E-state index in [0.717, 1.165) is 11.4 Å². The molecule has 1 rings (SSSR count).